The Kier molecular flexibility index (Phi) is 6.59. The molecule has 0 fully saturated rings. The van der Waals surface area contributed by atoms with Gasteiger partial charge >= 0.3 is 0 Å². The van der Waals surface area contributed by atoms with Gasteiger partial charge in [-0.15, -0.1) is 5.10 Å². The molecule has 182 valence electrons. The van der Waals surface area contributed by atoms with Gasteiger partial charge in [-0.2, -0.15) is 9.50 Å². The van der Waals surface area contributed by atoms with E-state index in [1.807, 2.05) is 24.3 Å². The molecule has 0 radical (unpaired) electrons. The second-order valence-electron chi connectivity index (χ2n) is 8.13. The number of nitro groups is 1. The van der Waals surface area contributed by atoms with Crippen LogP contribution in [0.15, 0.2) is 69.9 Å². The molecule has 5 aromatic rings. The van der Waals surface area contributed by atoms with E-state index >= 15 is 0 Å². The predicted octanol–water partition coefficient (Wildman–Crippen LogP) is 5.10. The molecule has 2 aromatic carbocycles. The van der Waals surface area contributed by atoms with E-state index in [-0.39, 0.29) is 11.2 Å². The molecule has 9 nitrogen and oxygen atoms in total. The number of thiazole rings is 1. The maximum atomic E-state index is 12.9. The normalized spacial score (nSPS) is 11.9. The van der Waals surface area contributed by atoms with Gasteiger partial charge in [-0.3, -0.25) is 14.9 Å². The Morgan fingerprint density at radius 3 is 2.69 bits per heavy atom. The fraction of sp³-hybridized carbons (Fsp3) is 0.192. The summed E-state index contributed by atoms with van der Waals surface area (Å²) in [5, 5.41) is 15.4. The van der Waals surface area contributed by atoms with Crippen molar-refractivity contribution in [1.29, 1.82) is 0 Å². The predicted molar refractivity (Wildman–Crippen MR) is 137 cm³/mol. The summed E-state index contributed by atoms with van der Waals surface area (Å²) in [6.45, 7) is 2.84. The van der Waals surface area contributed by atoms with Crippen molar-refractivity contribution in [3.63, 3.8) is 0 Å². The van der Waals surface area contributed by atoms with E-state index < -0.39 is 4.92 Å². The second kappa shape index (κ2) is 10.1. The molecule has 0 N–H and O–H groups in total. The quantitative estimate of drug-likeness (QED) is 0.156. The van der Waals surface area contributed by atoms with Gasteiger partial charge in [-0.1, -0.05) is 43.2 Å². The fourth-order valence-electron chi connectivity index (χ4n) is 3.69. The topological polar surface area (TPSA) is 113 Å². The van der Waals surface area contributed by atoms with E-state index in [1.165, 1.54) is 28.0 Å². The van der Waals surface area contributed by atoms with Crippen LogP contribution >= 0.6 is 11.3 Å². The Labute approximate surface area is 209 Å². The monoisotopic (exact) mass is 502 g/mol. The first-order valence-corrected chi connectivity index (χ1v) is 12.3. The summed E-state index contributed by atoms with van der Waals surface area (Å²) in [7, 11) is 0. The zero-order chi connectivity index (χ0) is 25.1. The molecule has 0 atom stereocenters. The molecule has 0 unspecified atom stereocenters. The number of ether oxygens (including phenoxy) is 1. The fourth-order valence-corrected chi connectivity index (χ4v) is 4.57. The first-order valence-electron chi connectivity index (χ1n) is 11.5. The van der Waals surface area contributed by atoms with Crippen molar-refractivity contribution in [1.82, 2.24) is 14.6 Å². The van der Waals surface area contributed by atoms with Gasteiger partial charge in [0.25, 0.3) is 11.2 Å². The highest BCUT2D eigenvalue weighted by Crippen LogP contribution is 2.26. The Hall–Kier alpha value is -4.31. The molecule has 0 aliphatic rings. The van der Waals surface area contributed by atoms with E-state index in [2.05, 4.69) is 17.0 Å². The number of rotatable bonds is 9. The van der Waals surface area contributed by atoms with Crippen LogP contribution in [0.2, 0.25) is 0 Å². The zero-order valence-corrected chi connectivity index (χ0v) is 20.2. The van der Waals surface area contributed by atoms with Crippen LogP contribution in [0.3, 0.4) is 0 Å². The van der Waals surface area contributed by atoms with Gasteiger partial charge in [0.15, 0.2) is 5.82 Å². The van der Waals surface area contributed by atoms with Gasteiger partial charge in [0.2, 0.25) is 4.96 Å². The maximum absolute atomic E-state index is 12.9. The Balaban J connectivity index is 1.36. The molecule has 0 amide bonds. The summed E-state index contributed by atoms with van der Waals surface area (Å²) in [5.74, 6) is 2.18. The lowest BCUT2D eigenvalue weighted by Gasteiger charge is -2.05. The van der Waals surface area contributed by atoms with Crippen LogP contribution in [0.25, 0.3) is 33.7 Å². The van der Waals surface area contributed by atoms with Crippen LogP contribution in [0.5, 0.6) is 5.75 Å². The average Bonchev–Trinajstić information content (AvgIpc) is 3.60. The van der Waals surface area contributed by atoms with E-state index in [0.29, 0.717) is 39.0 Å². The largest absolute Gasteiger partial charge is 0.494 e. The number of hydrogen-bond donors (Lipinski definition) is 0. The summed E-state index contributed by atoms with van der Waals surface area (Å²) < 4.78 is 13.3. The molecule has 3 heterocycles. The van der Waals surface area contributed by atoms with Crippen LogP contribution in [0.4, 0.5) is 5.69 Å². The van der Waals surface area contributed by atoms with Crippen molar-refractivity contribution < 1.29 is 14.1 Å². The SMILES string of the molecule is CCCCCOc1ccc(-c2nc3sc(=Cc4ccc(-c5cccc([N+](=O)[O-])c5)o4)c(=O)n3n2)cc1. The number of nitro benzene ring substituents is 1. The van der Waals surface area contributed by atoms with Crippen molar-refractivity contribution >= 4 is 28.1 Å². The lowest BCUT2D eigenvalue weighted by molar-refractivity contribution is -0.384. The van der Waals surface area contributed by atoms with E-state index in [0.717, 1.165) is 30.6 Å². The van der Waals surface area contributed by atoms with Crippen molar-refractivity contribution in [2.45, 2.75) is 26.2 Å². The summed E-state index contributed by atoms with van der Waals surface area (Å²) in [6, 6.07) is 17.1. The van der Waals surface area contributed by atoms with Crippen LogP contribution < -0.4 is 14.8 Å². The van der Waals surface area contributed by atoms with Gasteiger partial charge < -0.3 is 9.15 Å². The zero-order valence-electron chi connectivity index (χ0n) is 19.4. The van der Waals surface area contributed by atoms with Crippen molar-refractivity contribution in [2.24, 2.45) is 0 Å². The Morgan fingerprint density at radius 1 is 1.11 bits per heavy atom. The number of benzene rings is 2. The minimum absolute atomic E-state index is 0.0215. The van der Waals surface area contributed by atoms with Gasteiger partial charge in [0.05, 0.1) is 11.5 Å². The Morgan fingerprint density at radius 2 is 1.94 bits per heavy atom. The van der Waals surface area contributed by atoms with E-state index in [9.17, 15) is 14.9 Å². The van der Waals surface area contributed by atoms with Crippen molar-refractivity contribution in [2.75, 3.05) is 6.61 Å². The van der Waals surface area contributed by atoms with Crippen molar-refractivity contribution in [3.8, 4) is 28.5 Å². The molecule has 0 spiro atoms. The molecule has 36 heavy (non-hydrogen) atoms. The smallest absolute Gasteiger partial charge is 0.291 e. The number of fused-ring (bicyclic) bond motifs is 1. The van der Waals surface area contributed by atoms with Crippen LogP contribution in [0, 0.1) is 10.1 Å². The third-order valence-electron chi connectivity index (χ3n) is 5.55. The lowest BCUT2D eigenvalue weighted by Crippen LogP contribution is -2.23. The number of nitrogens with zero attached hydrogens (tertiary/aromatic N) is 4. The molecule has 5 rings (SSSR count). The summed E-state index contributed by atoms with van der Waals surface area (Å²) >= 11 is 1.21. The van der Waals surface area contributed by atoms with E-state index in [4.69, 9.17) is 9.15 Å². The minimum atomic E-state index is -0.456. The lowest BCUT2D eigenvalue weighted by atomic mass is 10.1. The highest BCUT2D eigenvalue weighted by atomic mass is 32.1. The molecule has 0 aliphatic heterocycles. The molecule has 10 heteroatoms. The molecule has 0 bridgehead atoms. The van der Waals surface area contributed by atoms with Gasteiger partial charge in [0.1, 0.15) is 21.8 Å². The molecular formula is C26H22N4O5S. The third-order valence-corrected chi connectivity index (χ3v) is 6.51. The number of aromatic nitrogens is 3. The van der Waals surface area contributed by atoms with Crippen LogP contribution in [0.1, 0.15) is 31.9 Å². The number of furan rings is 1. The molecule has 3 aromatic heterocycles. The number of non-ortho nitro benzene ring substituents is 1. The molecule has 0 saturated carbocycles. The third kappa shape index (κ3) is 4.89. The Bertz CT molecular complexity index is 1640. The van der Waals surface area contributed by atoms with Gasteiger partial charge in [0, 0.05) is 29.3 Å². The minimum Gasteiger partial charge on any atom is -0.494 e. The number of unbranched alkanes of at least 4 members (excludes halogenated alkanes) is 2. The van der Waals surface area contributed by atoms with Crippen molar-refractivity contribution in [3.05, 3.63) is 91.4 Å². The van der Waals surface area contributed by atoms with Gasteiger partial charge in [-0.05, 0) is 42.8 Å². The first kappa shape index (κ1) is 23.4. The highest BCUT2D eigenvalue weighted by Gasteiger charge is 2.14. The number of hydrogen-bond acceptors (Lipinski definition) is 8. The van der Waals surface area contributed by atoms with E-state index in [1.54, 1.807) is 30.3 Å². The highest BCUT2D eigenvalue weighted by molar-refractivity contribution is 7.15. The second-order valence-corrected chi connectivity index (χ2v) is 9.14. The van der Waals surface area contributed by atoms with Gasteiger partial charge in [-0.25, -0.2) is 0 Å². The molecule has 0 aliphatic carbocycles. The summed E-state index contributed by atoms with van der Waals surface area (Å²) in [6.07, 6.45) is 4.93. The molecular weight excluding hydrogens is 480 g/mol. The first-order chi connectivity index (χ1) is 17.5. The summed E-state index contributed by atoms with van der Waals surface area (Å²) in [4.78, 5) is 28.5. The standard InChI is InChI=1S/C26H22N4O5S/c1-2-3-4-14-34-20-10-8-17(9-11-20)24-27-26-29(28-24)25(31)23(36-26)16-21-12-13-22(35-21)18-6-5-7-19(15-18)30(32)33/h5-13,15-16H,2-4,14H2,1H3. The molecule has 0 saturated heterocycles. The maximum Gasteiger partial charge on any atom is 0.291 e. The van der Waals surface area contributed by atoms with Crippen LogP contribution in [-0.2, 0) is 0 Å². The van der Waals surface area contributed by atoms with Crippen LogP contribution in [-0.4, -0.2) is 26.1 Å². The average molecular weight is 503 g/mol. The summed E-state index contributed by atoms with van der Waals surface area (Å²) in [5.41, 5.74) is 1.06.